The van der Waals surface area contributed by atoms with Gasteiger partial charge < -0.3 is 20.7 Å². The number of piperidine rings is 1. The Hall–Kier alpha value is -3.33. The van der Waals surface area contributed by atoms with Gasteiger partial charge in [-0.3, -0.25) is 9.59 Å². The highest BCUT2D eigenvalue weighted by atomic mass is 32.2. The fourth-order valence-electron chi connectivity index (χ4n) is 5.31. The zero-order valence-corrected chi connectivity index (χ0v) is 27.3. The molecule has 45 heavy (non-hydrogen) atoms. The molecule has 0 radical (unpaired) electrons. The zero-order chi connectivity index (χ0) is 32.6. The zero-order valence-electron chi connectivity index (χ0n) is 25.7. The van der Waals surface area contributed by atoms with Crippen LogP contribution in [0.15, 0.2) is 53.4 Å². The lowest BCUT2D eigenvalue weighted by Gasteiger charge is -2.34. The Morgan fingerprint density at radius 2 is 1.69 bits per heavy atom. The van der Waals surface area contributed by atoms with E-state index in [-0.39, 0.29) is 42.0 Å². The van der Waals surface area contributed by atoms with Crippen molar-refractivity contribution in [2.45, 2.75) is 62.9 Å². The van der Waals surface area contributed by atoms with E-state index in [2.05, 4.69) is 16.0 Å². The van der Waals surface area contributed by atoms with Crippen molar-refractivity contribution in [1.82, 2.24) is 14.9 Å². The van der Waals surface area contributed by atoms with Gasteiger partial charge in [0.05, 0.1) is 23.0 Å². The predicted molar refractivity (Wildman–Crippen MR) is 170 cm³/mol. The molecule has 12 nitrogen and oxygen atoms in total. The van der Waals surface area contributed by atoms with Crippen molar-refractivity contribution in [1.29, 1.82) is 0 Å². The molecule has 2 amide bonds. The summed E-state index contributed by atoms with van der Waals surface area (Å²) in [5.41, 5.74) is 1.84. The van der Waals surface area contributed by atoms with E-state index in [9.17, 15) is 31.2 Å². The third kappa shape index (κ3) is 9.12. The van der Waals surface area contributed by atoms with Gasteiger partial charge in [0.1, 0.15) is 12.1 Å². The highest BCUT2D eigenvalue weighted by molar-refractivity contribution is 7.91. The number of hydrogen-bond donors (Lipinski definition) is 3. The molecule has 0 aliphatic carbocycles. The molecule has 1 unspecified atom stereocenters. The third-order valence-electron chi connectivity index (χ3n) is 7.98. The molecule has 3 N–H and O–H groups in total. The molecule has 2 atom stereocenters. The van der Waals surface area contributed by atoms with E-state index in [1.807, 2.05) is 6.92 Å². The second-order valence-electron chi connectivity index (χ2n) is 11.5. The smallest absolute Gasteiger partial charge is 0.330 e. The molecule has 246 valence electrons. The van der Waals surface area contributed by atoms with E-state index < -0.39 is 49.6 Å². The Kier molecular flexibility index (Phi) is 11.7. The highest BCUT2D eigenvalue weighted by Gasteiger charge is 2.45. The number of unbranched alkanes of at least 4 members (excludes halogenated alkanes) is 1. The van der Waals surface area contributed by atoms with Gasteiger partial charge in [-0.25, -0.2) is 25.9 Å². The molecule has 0 saturated carbocycles. The van der Waals surface area contributed by atoms with Crippen LogP contribution in [0.2, 0.25) is 0 Å². The molecule has 2 aliphatic heterocycles. The minimum Gasteiger partial charge on any atom is -0.464 e. The summed E-state index contributed by atoms with van der Waals surface area (Å²) in [4.78, 5) is 40.1. The van der Waals surface area contributed by atoms with E-state index in [1.54, 1.807) is 43.3 Å². The molecule has 2 aromatic carbocycles. The summed E-state index contributed by atoms with van der Waals surface area (Å²) < 4.78 is 59.1. The number of ether oxygens (including phenoxy) is 1. The summed E-state index contributed by atoms with van der Waals surface area (Å²) in [7, 11) is -8.28. The summed E-state index contributed by atoms with van der Waals surface area (Å²) in [6, 6.07) is 9.45. The normalized spacial score (nSPS) is 19.3. The molecule has 2 saturated heterocycles. The first-order chi connectivity index (χ1) is 21.4. The third-order valence-corrected chi connectivity index (χ3v) is 11.5. The predicted octanol–water partition coefficient (Wildman–Crippen LogP) is 1.79. The van der Waals surface area contributed by atoms with Crippen molar-refractivity contribution in [3.05, 3.63) is 59.7 Å². The summed E-state index contributed by atoms with van der Waals surface area (Å²) in [6.45, 7) is 5.22. The van der Waals surface area contributed by atoms with Gasteiger partial charge >= 0.3 is 5.97 Å². The lowest BCUT2D eigenvalue weighted by atomic mass is 9.97. The van der Waals surface area contributed by atoms with Crippen LogP contribution < -0.4 is 16.0 Å². The minimum atomic E-state index is -4.65. The number of hydrogen-bond acceptors (Lipinski definition) is 10. The average Bonchev–Trinajstić information content (AvgIpc) is 3.01. The van der Waals surface area contributed by atoms with Crippen LogP contribution in [0.4, 0.5) is 5.69 Å². The van der Waals surface area contributed by atoms with Crippen molar-refractivity contribution >= 4 is 43.3 Å². The van der Waals surface area contributed by atoms with Gasteiger partial charge in [-0.05, 0) is 69.1 Å². The molecule has 2 heterocycles. The van der Waals surface area contributed by atoms with Crippen LogP contribution >= 0.6 is 0 Å². The van der Waals surface area contributed by atoms with E-state index in [0.717, 1.165) is 37.9 Å². The van der Waals surface area contributed by atoms with Crippen LogP contribution in [0.5, 0.6) is 0 Å². The number of aryl methyl sites for hydroxylation is 1. The van der Waals surface area contributed by atoms with E-state index in [1.165, 1.54) is 12.1 Å². The maximum atomic E-state index is 14.1. The lowest BCUT2D eigenvalue weighted by molar-refractivity contribution is -0.152. The standard InChI is InChI=1S/C31H42N4O8S2/c1-3-4-18-43-31(38)28(20-23-7-9-25(10-8-23)34-29(36)24-13-15-32-16-14-24)35(30(37)27-21-44(39,40)19-17-33-27)45(41,42)26-11-5-22(2)6-12-26/h5-12,24,27-28,32-33H,3-4,13-21H2,1-2H3,(H,34,36)/t27?,28-/m0/s1. The van der Waals surface area contributed by atoms with Crippen LogP contribution in [0.3, 0.4) is 0 Å². The average molecular weight is 663 g/mol. The van der Waals surface area contributed by atoms with Crippen LogP contribution in [0.25, 0.3) is 0 Å². The van der Waals surface area contributed by atoms with E-state index >= 15 is 0 Å². The monoisotopic (exact) mass is 662 g/mol. The maximum absolute atomic E-state index is 14.1. The highest BCUT2D eigenvalue weighted by Crippen LogP contribution is 2.25. The van der Waals surface area contributed by atoms with Gasteiger partial charge in [0, 0.05) is 24.6 Å². The molecule has 2 aliphatic rings. The molecule has 4 rings (SSSR count). The number of benzene rings is 2. The summed E-state index contributed by atoms with van der Waals surface area (Å²) in [6.07, 6.45) is 2.50. The number of anilines is 1. The number of nitrogens with zero attached hydrogens (tertiary/aromatic N) is 1. The van der Waals surface area contributed by atoms with Gasteiger partial charge in [-0.2, -0.15) is 0 Å². The number of amides is 2. The van der Waals surface area contributed by atoms with Crippen LogP contribution in [0.1, 0.15) is 43.7 Å². The number of rotatable bonds is 12. The minimum absolute atomic E-state index is 0.0240. The Balaban J connectivity index is 1.68. The summed E-state index contributed by atoms with van der Waals surface area (Å²) in [5, 5.41) is 8.95. The number of sulfone groups is 1. The molecular formula is C31H42N4O8S2. The van der Waals surface area contributed by atoms with Crippen molar-refractivity contribution < 1.29 is 36.0 Å². The molecule has 2 aromatic rings. The number of sulfonamides is 1. The Morgan fingerprint density at radius 1 is 1.02 bits per heavy atom. The Morgan fingerprint density at radius 3 is 2.31 bits per heavy atom. The van der Waals surface area contributed by atoms with Crippen LogP contribution in [0, 0.1) is 12.8 Å². The quantitative estimate of drug-likeness (QED) is 0.225. The van der Waals surface area contributed by atoms with E-state index in [4.69, 9.17) is 4.74 Å². The van der Waals surface area contributed by atoms with Crippen molar-refractivity contribution in [2.75, 3.05) is 43.1 Å². The Labute approximate surface area is 265 Å². The van der Waals surface area contributed by atoms with E-state index in [0.29, 0.717) is 22.0 Å². The van der Waals surface area contributed by atoms with Crippen molar-refractivity contribution in [2.24, 2.45) is 5.92 Å². The summed E-state index contributed by atoms with van der Waals surface area (Å²) >= 11 is 0. The molecule has 0 aromatic heterocycles. The lowest BCUT2D eigenvalue weighted by Crippen LogP contribution is -2.59. The first-order valence-electron chi connectivity index (χ1n) is 15.3. The second-order valence-corrected chi connectivity index (χ2v) is 15.6. The van der Waals surface area contributed by atoms with Crippen LogP contribution in [-0.4, -0.2) is 88.8 Å². The second kappa shape index (κ2) is 15.3. The molecular weight excluding hydrogens is 620 g/mol. The number of nitrogens with one attached hydrogen (secondary N) is 3. The molecule has 2 fully saturated rings. The molecule has 0 bridgehead atoms. The first kappa shape index (κ1) is 34.5. The fraction of sp³-hybridized carbons (Fsp3) is 0.516. The van der Waals surface area contributed by atoms with Crippen molar-refractivity contribution in [3.63, 3.8) is 0 Å². The van der Waals surface area contributed by atoms with Crippen LogP contribution in [-0.2, 0) is 45.4 Å². The first-order valence-corrected chi connectivity index (χ1v) is 18.5. The van der Waals surface area contributed by atoms with Gasteiger partial charge in [0.15, 0.2) is 9.84 Å². The Bertz CT molecular complexity index is 1560. The fourth-order valence-corrected chi connectivity index (χ4v) is 8.24. The largest absolute Gasteiger partial charge is 0.464 e. The topological polar surface area (TPSA) is 168 Å². The van der Waals surface area contributed by atoms with Crippen molar-refractivity contribution in [3.8, 4) is 0 Å². The summed E-state index contributed by atoms with van der Waals surface area (Å²) in [5.74, 6) is -2.95. The molecule has 0 spiro atoms. The molecule has 14 heteroatoms. The van der Waals surface area contributed by atoms with Gasteiger partial charge in [0.25, 0.3) is 15.9 Å². The number of carbonyl (C=O) groups is 3. The van der Waals surface area contributed by atoms with Gasteiger partial charge in [-0.1, -0.05) is 43.2 Å². The maximum Gasteiger partial charge on any atom is 0.330 e. The number of esters is 1. The SMILES string of the molecule is CCCCOC(=O)[C@H](Cc1ccc(NC(=O)C2CCNCC2)cc1)N(C(=O)C1CS(=O)(=O)CCN1)S(=O)(=O)c1ccc(C)cc1. The number of carbonyl (C=O) groups excluding carboxylic acids is 3. The van der Waals surface area contributed by atoms with Gasteiger partial charge in [0.2, 0.25) is 5.91 Å². The van der Waals surface area contributed by atoms with Gasteiger partial charge in [-0.15, -0.1) is 0 Å².